The quantitative estimate of drug-likeness (QED) is 0.546. The fourth-order valence-corrected chi connectivity index (χ4v) is 2.62. The van der Waals surface area contributed by atoms with E-state index in [0.29, 0.717) is 17.5 Å². The maximum Gasteiger partial charge on any atom is 0.258 e. The topological polar surface area (TPSA) is 88.1 Å². The van der Waals surface area contributed by atoms with E-state index in [1.54, 1.807) is 7.11 Å². The number of nitrogens with zero attached hydrogens (tertiary/aromatic N) is 5. The number of ether oxygens (including phenoxy) is 2. The third-order valence-corrected chi connectivity index (χ3v) is 4.25. The zero-order chi connectivity index (χ0) is 18.1. The SMILES string of the molecule is COc1ccc2ccc(OCc3nnnn3-c3onc(C)c3C)cc2c1. The second-order valence-corrected chi connectivity index (χ2v) is 5.87. The normalized spacial score (nSPS) is 11.0. The number of tetrazole rings is 1. The van der Waals surface area contributed by atoms with Gasteiger partial charge >= 0.3 is 0 Å². The van der Waals surface area contributed by atoms with Gasteiger partial charge in [-0.3, -0.25) is 0 Å². The average molecular weight is 351 g/mol. The molecule has 2 aromatic carbocycles. The van der Waals surface area contributed by atoms with Crippen molar-refractivity contribution in [3.05, 3.63) is 53.5 Å². The first-order valence-corrected chi connectivity index (χ1v) is 8.07. The summed E-state index contributed by atoms with van der Waals surface area (Å²) in [4.78, 5) is 0. The molecule has 2 heterocycles. The molecule has 0 amide bonds. The van der Waals surface area contributed by atoms with Gasteiger partial charge in [0.2, 0.25) is 0 Å². The molecule has 0 N–H and O–H groups in total. The number of rotatable bonds is 5. The highest BCUT2D eigenvalue weighted by molar-refractivity contribution is 5.85. The number of fused-ring (bicyclic) bond motifs is 1. The summed E-state index contributed by atoms with van der Waals surface area (Å²) in [6.07, 6.45) is 0. The summed E-state index contributed by atoms with van der Waals surface area (Å²) in [5, 5.41) is 17.8. The zero-order valence-corrected chi connectivity index (χ0v) is 14.6. The van der Waals surface area contributed by atoms with Crippen LogP contribution in [0.5, 0.6) is 11.5 Å². The van der Waals surface area contributed by atoms with Crippen molar-refractivity contribution in [3.8, 4) is 17.4 Å². The van der Waals surface area contributed by atoms with Crippen molar-refractivity contribution in [3.63, 3.8) is 0 Å². The summed E-state index contributed by atoms with van der Waals surface area (Å²) in [5.41, 5.74) is 1.68. The van der Waals surface area contributed by atoms with E-state index in [4.69, 9.17) is 14.0 Å². The maximum absolute atomic E-state index is 5.87. The third kappa shape index (κ3) is 2.85. The highest BCUT2D eigenvalue weighted by atomic mass is 16.5. The molecule has 0 saturated heterocycles. The van der Waals surface area contributed by atoms with Crippen molar-refractivity contribution in [1.82, 2.24) is 25.4 Å². The molecule has 4 rings (SSSR count). The number of hydrogen-bond donors (Lipinski definition) is 0. The fraction of sp³-hybridized carbons (Fsp3) is 0.222. The molecule has 0 bridgehead atoms. The van der Waals surface area contributed by atoms with Crippen LogP contribution in [0.4, 0.5) is 0 Å². The predicted molar refractivity (Wildman–Crippen MR) is 93.5 cm³/mol. The first-order chi connectivity index (χ1) is 12.7. The van der Waals surface area contributed by atoms with Gasteiger partial charge in [-0.15, -0.1) is 5.10 Å². The number of aromatic nitrogens is 5. The fourth-order valence-electron chi connectivity index (χ4n) is 2.62. The van der Waals surface area contributed by atoms with E-state index in [1.165, 1.54) is 4.68 Å². The van der Waals surface area contributed by atoms with Gasteiger partial charge in [-0.25, -0.2) is 0 Å². The second kappa shape index (κ2) is 6.47. The Morgan fingerprint density at radius 3 is 2.54 bits per heavy atom. The summed E-state index contributed by atoms with van der Waals surface area (Å²) >= 11 is 0. The van der Waals surface area contributed by atoms with Gasteiger partial charge in [0.15, 0.2) is 5.82 Å². The second-order valence-electron chi connectivity index (χ2n) is 5.87. The molecule has 26 heavy (non-hydrogen) atoms. The summed E-state index contributed by atoms with van der Waals surface area (Å²) < 4.78 is 18.0. The minimum absolute atomic E-state index is 0.196. The van der Waals surface area contributed by atoms with Crippen molar-refractivity contribution in [1.29, 1.82) is 0 Å². The lowest BCUT2D eigenvalue weighted by atomic mass is 10.1. The smallest absolute Gasteiger partial charge is 0.258 e. The Balaban J connectivity index is 1.57. The van der Waals surface area contributed by atoms with Crippen LogP contribution in [0.2, 0.25) is 0 Å². The molecule has 0 fully saturated rings. The van der Waals surface area contributed by atoms with E-state index >= 15 is 0 Å². The molecule has 0 radical (unpaired) electrons. The van der Waals surface area contributed by atoms with Gasteiger partial charge in [0.1, 0.15) is 18.1 Å². The Kier molecular flexibility index (Phi) is 4.00. The van der Waals surface area contributed by atoms with Crippen LogP contribution in [0.1, 0.15) is 17.1 Å². The molecule has 0 aliphatic heterocycles. The van der Waals surface area contributed by atoms with Gasteiger partial charge in [0.25, 0.3) is 5.88 Å². The van der Waals surface area contributed by atoms with Crippen LogP contribution < -0.4 is 9.47 Å². The van der Waals surface area contributed by atoms with Crippen LogP contribution in [0.3, 0.4) is 0 Å². The van der Waals surface area contributed by atoms with Crippen molar-refractivity contribution in [2.45, 2.75) is 20.5 Å². The molecular formula is C18H17N5O3. The minimum atomic E-state index is 0.196. The van der Waals surface area contributed by atoms with E-state index in [1.807, 2.05) is 50.2 Å². The maximum atomic E-state index is 5.87. The molecule has 8 heteroatoms. The molecule has 0 unspecified atom stereocenters. The van der Waals surface area contributed by atoms with Gasteiger partial charge < -0.3 is 14.0 Å². The molecule has 132 valence electrons. The first kappa shape index (κ1) is 16.1. The molecular weight excluding hydrogens is 334 g/mol. The van der Waals surface area contributed by atoms with Gasteiger partial charge in [-0.1, -0.05) is 17.3 Å². The van der Waals surface area contributed by atoms with Crippen LogP contribution >= 0.6 is 0 Å². The Hall–Kier alpha value is -3.42. The number of methoxy groups -OCH3 is 1. The Bertz CT molecular complexity index is 1070. The number of aryl methyl sites for hydroxylation is 1. The van der Waals surface area contributed by atoms with Gasteiger partial charge in [-0.2, -0.15) is 4.68 Å². The van der Waals surface area contributed by atoms with Crippen molar-refractivity contribution in [2.24, 2.45) is 0 Å². The number of hydrogen-bond acceptors (Lipinski definition) is 7. The lowest BCUT2D eigenvalue weighted by molar-refractivity contribution is 0.288. The van der Waals surface area contributed by atoms with Gasteiger partial charge in [-0.05, 0) is 59.3 Å². The van der Waals surface area contributed by atoms with Crippen molar-refractivity contribution < 1.29 is 14.0 Å². The summed E-state index contributed by atoms with van der Waals surface area (Å²) in [7, 11) is 1.65. The summed E-state index contributed by atoms with van der Waals surface area (Å²) in [5.74, 6) is 2.53. The van der Waals surface area contributed by atoms with E-state index in [2.05, 4.69) is 20.7 Å². The molecule has 0 spiro atoms. The predicted octanol–water partition coefficient (Wildman–Crippen LogP) is 3.01. The van der Waals surface area contributed by atoms with E-state index in [9.17, 15) is 0 Å². The van der Waals surface area contributed by atoms with Crippen LogP contribution in [0, 0.1) is 13.8 Å². The Labute approximate surface area is 149 Å². The molecule has 4 aromatic rings. The van der Waals surface area contributed by atoms with Crippen LogP contribution in [-0.2, 0) is 6.61 Å². The van der Waals surface area contributed by atoms with Crippen molar-refractivity contribution in [2.75, 3.05) is 7.11 Å². The standard InChI is InChI=1S/C18H17N5O3/c1-11-12(2)20-26-18(11)23-17(19-21-22-23)10-25-16-7-5-13-4-6-15(24-3)8-14(13)9-16/h4-9H,10H2,1-3H3. The van der Waals surface area contributed by atoms with Crippen LogP contribution in [-0.4, -0.2) is 32.5 Å². The summed E-state index contributed by atoms with van der Waals surface area (Å²) in [6.45, 7) is 3.97. The van der Waals surface area contributed by atoms with Crippen molar-refractivity contribution >= 4 is 10.8 Å². The van der Waals surface area contributed by atoms with E-state index < -0.39 is 0 Å². The Morgan fingerprint density at radius 2 is 1.81 bits per heavy atom. The molecule has 0 saturated carbocycles. The Morgan fingerprint density at radius 1 is 1.04 bits per heavy atom. The average Bonchev–Trinajstić information content (AvgIpc) is 3.26. The zero-order valence-electron chi connectivity index (χ0n) is 14.6. The van der Waals surface area contributed by atoms with E-state index in [-0.39, 0.29) is 6.61 Å². The number of benzene rings is 2. The highest BCUT2D eigenvalue weighted by Gasteiger charge is 2.17. The molecule has 0 atom stereocenters. The van der Waals surface area contributed by atoms with Crippen LogP contribution in [0.15, 0.2) is 40.9 Å². The lowest BCUT2D eigenvalue weighted by Gasteiger charge is -2.08. The lowest BCUT2D eigenvalue weighted by Crippen LogP contribution is -2.07. The summed E-state index contributed by atoms with van der Waals surface area (Å²) in [6, 6.07) is 11.8. The molecule has 2 aromatic heterocycles. The minimum Gasteiger partial charge on any atom is -0.497 e. The third-order valence-electron chi connectivity index (χ3n) is 4.25. The van der Waals surface area contributed by atoms with Gasteiger partial charge in [0.05, 0.1) is 12.8 Å². The van der Waals surface area contributed by atoms with Crippen LogP contribution in [0.25, 0.3) is 16.7 Å². The molecule has 0 aliphatic rings. The molecule has 8 nitrogen and oxygen atoms in total. The molecule has 0 aliphatic carbocycles. The monoisotopic (exact) mass is 351 g/mol. The largest absolute Gasteiger partial charge is 0.497 e. The first-order valence-electron chi connectivity index (χ1n) is 8.07. The van der Waals surface area contributed by atoms with Gasteiger partial charge in [0, 0.05) is 5.56 Å². The van der Waals surface area contributed by atoms with E-state index in [0.717, 1.165) is 27.8 Å². The highest BCUT2D eigenvalue weighted by Crippen LogP contribution is 2.25.